The Kier molecular flexibility index (Phi) is 7.41. The van der Waals surface area contributed by atoms with Gasteiger partial charge in [0, 0.05) is 29.9 Å². The standard InChI is InChI=1S/C23H27N3O3S/c1-3-16(2)29-20-11-9-17(10-12-20)21(27)25-23(30)24-19-8-6-7-18(15-19)22(28)26-13-4-5-14-26/h6-12,15-16H,3-5,13-14H2,1-2H3,(H2,24,25,27,30). The summed E-state index contributed by atoms with van der Waals surface area (Å²) in [5.74, 6) is 0.429. The number of amides is 2. The van der Waals surface area contributed by atoms with E-state index in [-0.39, 0.29) is 23.0 Å². The molecular formula is C23H27N3O3S. The Hall–Kier alpha value is -2.93. The SMILES string of the molecule is CCC(C)Oc1ccc(C(=O)NC(=S)Nc2cccc(C(=O)N3CCCC3)c2)cc1. The summed E-state index contributed by atoms with van der Waals surface area (Å²) in [6.07, 6.45) is 3.12. The van der Waals surface area contributed by atoms with E-state index in [1.165, 1.54) is 0 Å². The van der Waals surface area contributed by atoms with Crippen LogP contribution in [0.2, 0.25) is 0 Å². The van der Waals surface area contributed by atoms with E-state index in [1.807, 2.05) is 11.8 Å². The number of benzene rings is 2. The molecule has 3 rings (SSSR count). The van der Waals surface area contributed by atoms with Crippen molar-refractivity contribution in [1.29, 1.82) is 0 Å². The minimum absolute atomic E-state index is 0.0193. The van der Waals surface area contributed by atoms with E-state index in [2.05, 4.69) is 17.6 Å². The number of hydrogen-bond donors (Lipinski definition) is 2. The molecule has 0 spiro atoms. The molecule has 0 bridgehead atoms. The Morgan fingerprint density at radius 2 is 1.80 bits per heavy atom. The van der Waals surface area contributed by atoms with Gasteiger partial charge in [-0.2, -0.15) is 0 Å². The van der Waals surface area contributed by atoms with Crippen molar-refractivity contribution in [2.24, 2.45) is 0 Å². The van der Waals surface area contributed by atoms with E-state index in [1.54, 1.807) is 48.5 Å². The third kappa shape index (κ3) is 5.79. The molecule has 0 radical (unpaired) electrons. The number of nitrogens with one attached hydrogen (secondary N) is 2. The number of nitrogens with zero attached hydrogens (tertiary/aromatic N) is 1. The van der Waals surface area contributed by atoms with Gasteiger partial charge in [0.15, 0.2) is 5.11 Å². The molecule has 1 atom stereocenters. The molecule has 1 saturated heterocycles. The molecule has 2 N–H and O–H groups in total. The number of ether oxygens (including phenoxy) is 1. The van der Waals surface area contributed by atoms with E-state index in [9.17, 15) is 9.59 Å². The third-order valence-corrected chi connectivity index (χ3v) is 5.22. The normalized spacial score (nSPS) is 14.1. The fourth-order valence-corrected chi connectivity index (χ4v) is 3.38. The second-order valence-electron chi connectivity index (χ2n) is 7.35. The minimum atomic E-state index is -0.313. The van der Waals surface area contributed by atoms with Gasteiger partial charge < -0.3 is 15.0 Å². The van der Waals surface area contributed by atoms with Gasteiger partial charge in [0.2, 0.25) is 0 Å². The zero-order chi connectivity index (χ0) is 21.5. The maximum Gasteiger partial charge on any atom is 0.257 e. The van der Waals surface area contributed by atoms with Crippen LogP contribution in [0.4, 0.5) is 5.69 Å². The molecule has 2 aromatic rings. The van der Waals surface area contributed by atoms with Crippen LogP contribution in [0.15, 0.2) is 48.5 Å². The zero-order valence-corrected chi connectivity index (χ0v) is 18.1. The summed E-state index contributed by atoms with van der Waals surface area (Å²) in [7, 11) is 0. The van der Waals surface area contributed by atoms with E-state index < -0.39 is 0 Å². The van der Waals surface area contributed by atoms with Gasteiger partial charge in [0.25, 0.3) is 11.8 Å². The molecule has 1 fully saturated rings. The summed E-state index contributed by atoms with van der Waals surface area (Å²) in [6.45, 7) is 5.65. The zero-order valence-electron chi connectivity index (χ0n) is 17.3. The lowest BCUT2D eigenvalue weighted by molar-refractivity contribution is 0.0792. The number of hydrogen-bond acceptors (Lipinski definition) is 4. The molecular weight excluding hydrogens is 398 g/mol. The van der Waals surface area contributed by atoms with Crippen LogP contribution in [0, 0.1) is 0 Å². The summed E-state index contributed by atoms with van der Waals surface area (Å²) in [5, 5.41) is 5.81. The van der Waals surface area contributed by atoms with Crippen molar-refractivity contribution in [2.75, 3.05) is 18.4 Å². The number of thiocarbonyl (C=S) groups is 1. The molecule has 1 aliphatic rings. The average Bonchev–Trinajstić information content (AvgIpc) is 3.28. The van der Waals surface area contributed by atoms with Crippen LogP contribution in [-0.4, -0.2) is 41.0 Å². The fraction of sp³-hybridized carbons (Fsp3) is 0.348. The monoisotopic (exact) mass is 425 g/mol. The van der Waals surface area contributed by atoms with Crippen molar-refractivity contribution in [2.45, 2.75) is 39.2 Å². The second kappa shape index (κ2) is 10.2. The lowest BCUT2D eigenvalue weighted by Crippen LogP contribution is -2.34. The summed E-state index contributed by atoms with van der Waals surface area (Å²) in [6, 6.07) is 14.1. The van der Waals surface area contributed by atoms with Crippen molar-refractivity contribution < 1.29 is 14.3 Å². The number of carbonyl (C=O) groups excluding carboxylic acids is 2. The molecule has 158 valence electrons. The Morgan fingerprint density at radius 3 is 2.47 bits per heavy atom. The number of rotatable bonds is 6. The summed E-state index contributed by atoms with van der Waals surface area (Å²) in [4.78, 5) is 26.8. The van der Waals surface area contributed by atoms with E-state index in [0.29, 0.717) is 16.8 Å². The van der Waals surface area contributed by atoms with Gasteiger partial charge in [-0.05, 0) is 80.9 Å². The van der Waals surface area contributed by atoms with Crippen molar-refractivity contribution in [3.05, 3.63) is 59.7 Å². The van der Waals surface area contributed by atoms with Crippen molar-refractivity contribution in [3.8, 4) is 5.75 Å². The van der Waals surface area contributed by atoms with Crippen LogP contribution in [0.5, 0.6) is 5.75 Å². The minimum Gasteiger partial charge on any atom is -0.491 e. The van der Waals surface area contributed by atoms with E-state index >= 15 is 0 Å². The smallest absolute Gasteiger partial charge is 0.257 e. The predicted molar refractivity (Wildman–Crippen MR) is 122 cm³/mol. The van der Waals surface area contributed by atoms with E-state index in [0.717, 1.165) is 38.1 Å². The quantitative estimate of drug-likeness (QED) is 0.678. The van der Waals surface area contributed by atoms with Crippen LogP contribution < -0.4 is 15.4 Å². The molecule has 2 aromatic carbocycles. The van der Waals surface area contributed by atoms with Gasteiger partial charge >= 0.3 is 0 Å². The molecule has 1 unspecified atom stereocenters. The molecule has 0 aliphatic carbocycles. The lowest BCUT2D eigenvalue weighted by atomic mass is 10.1. The van der Waals surface area contributed by atoms with Gasteiger partial charge in [0.1, 0.15) is 5.75 Å². The Balaban J connectivity index is 1.56. The van der Waals surface area contributed by atoms with Gasteiger partial charge in [-0.15, -0.1) is 0 Å². The van der Waals surface area contributed by atoms with Crippen LogP contribution in [-0.2, 0) is 0 Å². The first-order valence-electron chi connectivity index (χ1n) is 10.2. The molecule has 30 heavy (non-hydrogen) atoms. The van der Waals surface area contributed by atoms with Crippen LogP contribution in [0.3, 0.4) is 0 Å². The average molecular weight is 426 g/mol. The Bertz CT molecular complexity index is 908. The maximum atomic E-state index is 12.5. The van der Waals surface area contributed by atoms with Gasteiger partial charge in [-0.1, -0.05) is 13.0 Å². The summed E-state index contributed by atoms with van der Waals surface area (Å²) < 4.78 is 5.72. The first-order chi connectivity index (χ1) is 14.5. The second-order valence-corrected chi connectivity index (χ2v) is 7.76. The molecule has 1 aliphatic heterocycles. The van der Waals surface area contributed by atoms with Crippen LogP contribution in [0.25, 0.3) is 0 Å². The molecule has 7 heteroatoms. The third-order valence-electron chi connectivity index (χ3n) is 5.02. The highest BCUT2D eigenvalue weighted by molar-refractivity contribution is 7.80. The maximum absolute atomic E-state index is 12.5. The highest BCUT2D eigenvalue weighted by Crippen LogP contribution is 2.17. The van der Waals surface area contributed by atoms with Gasteiger partial charge in [-0.3, -0.25) is 14.9 Å². The molecule has 2 amide bonds. The fourth-order valence-electron chi connectivity index (χ4n) is 3.17. The number of likely N-dealkylation sites (tertiary alicyclic amines) is 1. The first-order valence-corrected chi connectivity index (χ1v) is 10.7. The number of anilines is 1. The Morgan fingerprint density at radius 1 is 1.10 bits per heavy atom. The Labute approximate surface area is 182 Å². The summed E-state index contributed by atoms with van der Waals surface area (Å²) in [5.41, 5.74) is 1.74. The largest absolute Gasteiger partial charge is 0.491 e. The number of carbonyl (C=O) groups is 2. The van der Waals surface area contributed by atoms with Gasteiger partial charge in [0.05, 0.1) is 6.10 Å². The predicted octanol–water partition coefficient (Wildman–Crippen LogP) is 4.23. The first kappa shape index (κ1) is 21.8. The summed E-state index contributed by atoms with van der Waals surface area (Å²) >= 11 is 5.26. The van der Waals surface area contributed by atoms with Crippen molar-refractivity contribution in [3.63, 3.8) is 0 Å². The van der Waals surface area contributed by atoms with Crippen molar-refractivity contribution >= 4 is 34.8 Å². The molecule has 0 aromatic heterocycles. The molecule has 1 heterocycles. The van der Waals surface area contributed by atoms with Gasteiger partial charge in [-0.25, -0.2) is 0 Å². The van der Waals surface area contributed by atoms with Crippen molar-refractivity contribution in [1.82, 2.24) is 10.2 Å². The van der Waals surface area contributed by atoms with E-state index in [4.69, 9.17) is 17.0 Å². The highest BCUT2D eigenvalue weighted by Gasteiger charge is 2.19. The molecule has 0 saturated carbocycles. The van der Waals surface area contributed by atoms with Crippen LogP contribution >= 0.6 is 12.2 Å². The topological polar surface area (TPSA) is 70.7 Å². The van der Waals surface area contributed by atoms with Crippen LogP contribution in [0.1, 0.15) is 53.8 Å². The molecule has 6 nitrogen and oxygen atoms in total. The highest BCUT2D eigenvalue weighted by atomic mass is 32.1. The lowest BCUT2D eigenvalue weighted by Gasteiger charge is -2.16.